The summed E-state index contributed by atoms with van der Waals surface area (Å²) in [5.74, 6) is 0.787. The average Bonchev–Trinajstić information content (AvgIpc) is 3.16. The maximum atomic E-state index is 12.6. The van der Waals surface area contributed by atoms with Crippen LogP contribution in [0.3, 0.4) is 0 Å². The summed E-state index contributed by atoms with van der Waals surface area (Å²) in [6, 6.07) is 1.73. The van der Waals surface area contributed by atoms with Gasteiger partial charge in [-0.3, -0.25) is 14.4 Å². The van der Waals surface area contributed by atoms with Gasteiger partial charge in [0.25, 0.3) is 10.0 Å². The van der Waals surface area contributed by atoms with Crippen LogP contribution in [0.15, 0.2) is 42.1 Å². The summed E-state index contributed by atoms with van der Waals surface area (Å²) in [4.78, 5) is 15.2. The Bertz CT molecular complexity index is 1120. The number of aryl methyl sites for hydroxylation is 2. The Labute approximate surface area is 168 Å². The van der Waals surface area contributed by atoms with E-state index in [0.717, 1.165) is 35.7 Å². The van der Waals surface area contributed by atoms with Gasteiger partial charge in [0.2, 0.25) is 0 Å². The normalized spacial score (nSPS) is 14.8. The number of morpholine rings is 1. The van der Waals surface area contributed by atoms with E-state index in [-0.39, 0.29) is 4.90 Å². The molecule has 11 heteroatoms. The van der Waals surface area contributed by atoms with Gasteiger partial charge in [0.15, 0.2) is 0 Å². The minimum absolute atomic E-state index is 0.0821. The summed E-state index contributed by atoms with van der Waals surface area (Å²) in [5.41, 5.74) is 2.69. The molecular formula is C18H21N7O3S. The molecule has 0 aromatic carbocycles. The van der Waals surface area contributed by atoms with Gasteiger partial charge in [-0.05, 0) is 13.0 Å². The van der Waals surface area contributed by atoms with E-state index in [2.05, 4.69) is 29.7 Å². The SMILES string of the molecule is Cc1ncnc(N2CCOCC2)c1-c1cncc(NS(=O)(=O)c2cnn(C)c2)c1. The van der Waals surface area contributed by atoms with Crippen LogP contribution in [0.4, 0.5) is 11.5 Å². The van der Waals surface area contributed by atoms with Crippen molar-refractivity contribution < 1.29 is 13.2 Å². The van der Waals surface area contributed by atoms with E-state index in [4.69, 9.17) is 4.74 Å². The molecule has 1 aliphatic rings. The summed E-state index contributed by atoms with van der Waals surface area (Å²) >= 11 is 0. The minimum atomic E-state index is -3.76. The van der Waals surface area contributed by atoms with Gasteiger partial charge in [0.05, 0.1) is 37.0 Å². The molecule has 0 bridgehead atoms. The number of hydrogen-bond donors (Lipinski definition) is 1. The van der Waals surface area contributed by atoms with Crippen molar-refractivity contribution in [2.24, 2.45) is 7.05 Å². The monoisotopic (exact) mass is 415 g/mol. The van der Waals surface area contributed by atoms with Gasteiger partial charge in [-0.15, -0.1) is 0 Å². The number of nitrogens with zero attached hydrogens (tertiary/aromatic N) is 6. The first-order chi connectivity index (χ1) is 13.9. The van der Waals surface area contributed by atoms with Crippen molar-refractivity contribution in [3.05, 3.63) is 42.9 Å². The number of pyridine rings is 1. The molecular weight excluding hydrogens is 394 g/mol. The van der Waals surface area contributed by atoms with Crippen molar-refractivity contribution in [1.82, 2.24) is 24.7 Å². The highest BCUT2D eigenvalue weighted by atomic mass is 32.2. The molecule has 152 valence electrons. The molecule has 0 atom stereocenters. The molecule has 4 heterocycles. The van der Waals surface area contributed by atoms with E-state index >= 15 is 0 Å². The Morgan fingerprint density at radius 3 is 2.66 bits per heavy atom. The van der Waals surface area contributed by atoms with Gasteiger partial charge in [-0.2, -0.15) is 5.10 Å². The summed E-state index contributed by atoms with van der Waals surface area (Å²) in [6.07, 6.45) is 7.41. The largest absolute Gasteiger partial charge is 0.378 e. The highest BCUT2D eigenvalue weighted by molar-refractivity contribution is 7.92. The Balaban J connectivity index is 1.69. The quantitative estimate of drug-likeness (QED) is 0.661. The second-order valence-corrected chi connectivity index (χ2v) is 8.36. The predicted octanol–water partition coefficient (Wildman–Crippen LogP) is 1.22. The zero-order valence-corrected chi connectivity index (χ0v) is 16.9. The summed E-state index contributed by atoms with van der Waals surface area (Å²) in [7, 11) is -2.10. The fourth-order valence-corrected chi connectivity index (χ4v) is 4.22. The molecule has 0 unspecified atom stereocenters. The first-order valence-electron chi connectivity index (χ1n) is 9.05. The topological polar surface area (TPSA) is 115 Å². The Morgan fingerprint density at radius 2 is 1.93 bits per heavy atom. The van der Waals surface area contributed by atoms with E-state index < -0.39 is 10.0 Å². The van der Waals surface area contributed by atoms with Crippen molar-refractivity contribution in [2.75, 3.05) is 35.9 Å². The molecule has 0 saturated carbocycles. The van der Waals surface area contributed by atoms with Crippen LogP contribution in [0.5, 0.6) is 0 Å². The van der Waals surface area contributed by atoms with Gasteiger partial charge in [0, 0.05) is 43.7 Å². The van der Waals surface area contributed by atoms with Gasteiger partial charge in [-0.25, -0.2) is 18.4 Å². The number of aromatic nitrogens is 5. The zero-order valence-electron chi connectivity index (χ0n) is 16.1. The van der Waals surface area contributed by atoms with Gasteiger partial charge in [0.1, 0.15) is 17.0 Å². The third kappa shape index (κ3) is 4.05. The third-order valence-electron chi connectivity index (χ3n) is 4.60. The lowest BCUT2D eigenvalue weighted by Crippen LogP contribution is -2.37. The Morgan fingerprint density at radius 1 is 1.14 bits per heavy atom. The minimum Gasteiger partial charge on any atom is -0.378 e. The maximum Gasteiger partial charge on any atom is 0.265 e. The van der Waals surface area contributed by atoms with Crippen molar-refractivity contribution in [3.8, 4) is 11.1 Å². The Hall–Kier alpha value is -3.05. The van der Waals surface area contributed by atoms with Gasteiger partial charge in [-0.1, -0.05) is 0 Å². The molecule has 29 heavy (non-hydrogen) atoms. The van der Waals surface area contributed by atoms with Crippen LogP contribution < -0.4 is 9.62 Å². The lowest BCUT2D eigenvalue weighted by molar-refractivity contribution is 0.122. The van der Waals surface area contributed by atoms with Crippen LogP contribution in [0.1, 0.15) is 5.69 Å². The summed E-state index contributed by atoms with van der Waals surface area (Å²) in [6.45, 7) is 4.61. The van der Waals surface area contributed by atoms with E-state index in [9.17, 15) is 8.42 Å². The third-order valence-corrected chi connectivity index (χ3v) is 5.93. The molecule has 1 N–H and O–H groups in total. The van der Waals surface area contributed by atoms with Crippen LogP contribution in [-0.4, -0.2) is 59.5 Å². The lowest BCUT2D eigenvalue weighted by atomic mass is 10.1. The molecule has 4 rings (SSSR count). The van der Waals surface area contributed by atoms with E-state index in [1.807, 2.05) is 6.92 Å². The molecule has 1 fully saturated rings. The van der Waals surface area contributed by atoms with Gasteiger partial charge >= 0.3 is 0 Å². The number of ether oxygens (including phenoxy) is 1. The van der Waals surface area contributed by atoms with Crippen molar-refractivity contribution in [3.63, 3.8) is 0 Å². The molecule has 1 saturated heterocycles. The number of sulfonamides is 1. The summed E-state index contributed by atoms with van der Waals surface area (Å²) in [5, 5.41) is 3.91. The van der Waals surface area contributed by atoms with Crippen LogP contribution in [0.2, 0.25) is 0 Å². The molecule has 0 radical (unpaired) electrons. The second kappa shape index (κ2) is 7.76. The predicted molar refractivity (Wildman–Crippen MR) is 107 cm³/mol. The second-order valence-electron chi connectivity index (χ2n) is 6.67. The molecule has 10 nitrogen and oxygen atoms in total. The Kier molecular flexibility index (Phi) is 5.16. The van der Waals surface area contributed by atoms with Crippen molar-refractivity contribution in [2.45, 2.75) is 11.8 Å². The fourth-order valence-electron chi connectivity index (χ4n) is 3.20. The van der Waals surface area contributed by atoms with E-state index in [0.29, 0.717) is 18.9 Å². The zero-order chi connectivity index (χ0) is 20.4. The summed E-state index contributed by atoms with van der Waals surface area (Å²) < 4.78 is 34.6. The maximum absolute atomic E-state index is 12.6. The van der Waals surface area contributed by atoms with Gasteiger partial charge < -0.3 is 9.64 Å². The number of hydrogen-bond acceptors (Lipinski definition) is 8. The molecule has 0 aliphatic carbocycles. The highest BCUT2D eigenvalue weighted by Crippen LogP contribution is 2.32. The first-order valence-corrected chi connectivity index (χ1v) is 10.5. The van der Waals surface area contributed by atoms with Crippen molar-refractivity contribution >= 4 is 21.5 Å². The highest BCUT2D eigenvalue weighted by Gasteiger charge is 2.21. The van der Waals surface area contributed by atoms with E-state index in [1.165, 1.54) is 29.6 Å². The number of nitrogens with one attached hydrogen (secondary N) is 1. The number of anilines is 2. The van der Waals surface area contributed by atoms with Crippen LogP contribution >= 0.6 is 0 Å². The fraction of sp³-hybridized carbons (Fsp3) is 0.333. The molecule has 3 aromatic rings. The van der Waals surface area contributed by atoms with Crippen molar-refractivity contribution in [1.29, 1.82) is 0 Å². The number of rotatable bonds is 5. The van der Waals surface area contributed by atoms with Crippen LogP contribution in [0, 0.1) is 6.92 Å². The standard InChI is InChI=1S/C18H21N7O3S/c1-13-17(18(21-12-20-13)25-3-5-28-6-4-25)14-7-15(9-19-8-14)23-29(26,27)16-10-22-24(2)11-16/h7-12,23H,3-6H2,1-2H3. The molecule has 1 aliphatic heterocycles. The average molecular weight is 415 g/mol. The lowest BCUT2D eigenvalue weighted by Gasteiger charge is -2.29. The molecule has 3 aromatic heterocycles. The molecule has 0 amide bonds. The first kappa shape index (κ1) is 19.3. The van der Waals surface area contributed by atoms with E-state index in [1.54, 1.807) is 19.3 Å². The molecule has 0 spiro atoms. The smallest absolute Gasteiger partial charge is 0.265 e. The van der Waals surface area contributed by atoms with Crippen LogP contribution in [0.25, 0.3) is 11.1 Å². The van der Waals surface area contributed by atoms with Crippen LogP contribution in [-0.2, 0) is 21.8 Å².